The molecule has 0 N–H and O–H groups in total. The van der Waals surface area contributed by atoms with Crippen LogP contribution in [0.5, 0.6) is 0 Å². The highest BCUT2D eigenvalue weighted by Crippen LogP contribution is 2.35. The molecule has 1 heteroatoms. The number of rotatable bonds is 7. The van der Waals surface area contributed by atoms with Gasteiger partial charge in [0.2, 0.25) is 0 Å². The van der Waals surface area contributed by atoms with Gasteiger partial charge in [0.05, 0.1) is 0 Å². The van der Waals surface area contributed by atoms with E-state index in [1.54, 1.807) is 0 Å². The summed E-state index contributed by atoms with van der Waals surface area (Å²) in [7, 11) is 0. The maximum absolute atomic E-state index is 11.1. The van der Waals surface area contributed by atoms with Crippen LogP contribution in [0.2, 0.25) is 0 Å². The van der Waals surface area contributed by atoms with Gasteiger partial charge in [0.25, 0.3) is 0 Å². The van der Waals surface area contributed by atoms with Crippen LogP contribution in [-0.4, -0.2) is 6.29 Å². The maximum atomic E-state index is 11.1. The van der Waals surface area contributed by atoms with E-state index < -0.39 is 0 Å². The average Bonchev–Trinajstić information content (AvgIpc) is 2.14. The minimum atomic E-state index is -0.0699. The van der Waals surface area contributed by atoms with Crippen molar-refractivity contribution in [2.24, 2.45) is 11.3 Å². The monoisotopic (exact) mass is 184 g/mol. The third kappa shape index (κ3) is 3.50. The van der Waals surface area contributed by atoms with Crippen LogP contribution in [0.25, 0.3) is 0 Å². The Balaban J connectivity index is 4.38. The molecule has 0 bridgehead atoms. The number of hydrogen-bond donors (Lipinski definition) is 0. The normalized spacial score (nSPS) is 17.8. The van der Waals surface area contributed by atoms with Crippen molar-refractivity contribution >= 4 is 6.29 Å². The van der Waals surface area contributed by atoms with Crippen LogP contribution in [0.3, 0.4) is 0 Å². The minimum Gasteiger partial charge on any atom is -0.303 e. The molecule has 0 fully saturated rings. The fourth-order valence-electron chi connectivity index (χ4n) is 2.25. The molecule has 0 radical (unpaired) electrons. The molecule has 78 valence electrons. The van der Waals surface area contributed by atoms with Gasteiger partial charge in [0, 0.05) is 5.41 Å². The molecule has 0 rings (SSSR count). The van der Waals surface area contributed by atoms with Crippen LogP contribution in [0.15, 0.2) is 0 Å². The van der Waals surface area contributed by atoms with Crippen molar-refractivity contribution in [1.82, 2.24) is 0 Å². The molecule has 2 atom stereocenters. The molecule has 0 aromatic heterocycles. The Morgan fingerprint density at radius 1 is 1.23 bits per heavy atom. The second-order valence-corrected chi connectivity index (χ2v) is 4.27. The quantitative estimate of drug-likeness (QED) is 0.550. The van der Waals surface area contributed by atoms with E-state index >= 15 is 0 Å². The number of carbonyl (C=O) groups excluding carboxylic acids is 1. The minimum absolute atomic E-state index is 0.0699. The topological polar surface area (TPSA) is 17.1 Å². The Labute approximate surface area is 82.9 Å². The molecule has 0 aromatic carbocycles. The second kappa shape index (κ2) is 6.17. The van der Waals surface area contributed by atoms with Crippen molar-refractivity contribution in [3.8, 4) is 0 Å². The van der Waals surface area contributed by atoms with E-state index in [0.29, 0.717) is 5.92 Å². The Kier molecular flexibility index (Phi) is 6.02. The van der Waals surface area contributed by atoms with Crippen molar-refractivity contribution in [3.63, 3.8) is 0 Å². The largest absolute Gasteiger partial charge is 0.303 e. The molecule has 0 amide bonds. The molecular formula is C12H24O. The van der Waals surface area contributed by atoms with Gasteiger partial charge in [-0.05, 0) is 18.8 Å². The van der Waals surface area contributed by atoms with E-state index in [2.05, 4.69) is 27.7 Å². The van der Waals surface area contributed by atoms with Crippen molar-refractivity contribution < 1.29 is 4.79 Å². The molecule has 0 saturated carbocycles. The zero-order valence-corrected chi connectivity index (χ0v) is 9.60. The lowest BCUT2D eigenvalue weighted by molar-refractivity contribution is -0.118. The molecule has 1 nitrogen and oxygen atoms in total. The van der Waals surface area contributed by atoms with Crippen molar-refractivity contribution in [3.05, 3.63) is 0 Å². The zero-order chi connectivity index (χ0) is 10.3. The van der Waals surface area contributed by atoms with Crippen LogP contribution in [0.4, 0.5) is 0 Å². The van der Waals surface area contributed by atoms with Crippen molar-refractivity contribution in [2.75, 3.05) is 0 Å². The van der Waals surface area contributed by atoms with E-state index in [9.17, 15) is 4.79 Å². The molecule has 2 unspecified atom stereocenters. The molecule has 13 heavy (non-hydrogen) atoms. The first kappa shape index (κ1) is 12.7. The molecule has 0 saturated heterocycles. The van der Waals surface area contributed by atoms with E-state index in [1.165, 1.54) is 19.1 Å². The zero-order valence-electron chi connectivity index (χ0n) is 9.60. The van der Waals surface area contributed by atoms with Crippen LogP contribution >= 0.6 is 0 Å². The maximum Gasteiger partial charge on any atom is 0.126 e. The third-order valence-corrected chi connectivity index (χ3v) is 3.12. The first-order valence-corrected chi connectivity index (χ1v) is 5.60. The van der Waals surface area contributed by atoms with Gasteiger partial charge in [-0.15, -0.1) is 0 Å². The summed E-state index contributed by atoms with van der Waals surface area (Å²) in [5, 5.41) is 0. The highest BCUT2D eigenvalue weighted by Gasteiger charge is 2.30. The summed E-state index contributed by atoms with van der Waals surface area (Å²) in [6, 6.07) is 0. The Hall–Kier alpha value is -0.330. The molecular weight excluding hydrogens is 160 g/mol. The lowest BCUT2D eigenvalue weighted by Gasteiger charge is -2.32. The number of hydrogen-bond acceptors (Lipinski definition) is 1. The lowest BCUT2D eigenvalue weighted by atomic mass is 9.72. The molecule has 0 aliphatic rings. The van der Waals surface area contributed by atoms with Gasteiger partial charge in [-0.25, -0.2) is 0 Å². The summed E-state index contributed by atoms with van der Waals surface area (Å²) in [5.74, 6) is 0.579. The second-order valence-electron chi connectivity index (χ2n) is 4.27. The van der Waals surface area contributed by atoms with Crippen LogP contribution in [0.1, 0.15) is 59.8 Å². The first-order chi connectivity index (χ1) is 6.14. The smallest absolute Gasteiger partial charge is 0.126 e. The highest BCUT2D eigenvalue weighted by atomic mass is 16.1. The van der Waals surface area contributed by atoms with Gasteiger partial charge in [-0.2, -0.15) is 0 Å². The summed E-state index contributed by atoms with van der Waals surface area (Å²) in [4.78, 5) is 11.1. The Morgan fingerprint density at radius 3 is 2.15 bits per heavy atom. The predicted molar refractivity (Wildman–Crippen MR) is 57.8 cm³/mol. The fourth-order valence-corrected chi connectivity index (χ4v) is 2.25. The first-order valence-electron chi connectivity index (χ1n) is 5.60. The molecule has 0 aliphatic heterocycles. The molecule has 0 aliphatic carbocycles. The lowest BCUT2D eigenvalue weighted by Crippen LogP contribution is -2.28. The van der Waals surface area contributed by atoms with Gasteiger partial charge in [0.1, 0.15) is 6.29 Å². The van der Waals surface area contributed by atoms with Gasteiger partial charge < -0.3 is 4.79 Å². The van der Waals surface area contributed by atoms with E-state index in [4.69, 9.17) is 0 Å². The summed E-state index contributed by atoms with van der Waals surface area (Å²) in [5.41, 5.74) is -0.0699. The van der Waals surface area contributed by atoms with Crippen LogP contribution in [0, 0.1) is 11.3 Å². The highest BCUT2D eigenvalue weighted by molar-refractivity contribution is 5.59. The molecule has 0 heterocycles. The predicted octanol–water partition coefficient (Wildman–Crippen LogP) is 3.82. The number of aldehydes is 1. The molecule has 0 spiro atoms. The van der Waals surface area contributed by atoms with Gasteiger partial charge >= 0.3 is 0 Å². The summed E-state index contributed by atoms with van der Waals surface area (Å²) >= 11 is 0. The number of carbonyl (C=O) groups is 1. The van der Waals surface area contributed by atoms with Crippen LogP contribution < -0.4 is 0 Å². The summed E-state index contributed by atoms with van der Waals surface area (Å²) < 4.78 is 0. The van der Waals surface area contributed by atoms with Crippen molar-refractivity contribution in [2.45, 2.75) is 59.8 Å². The summed E-state index contributed by atoms with van der Waals surface area (Å²) in [6.45, 7) is 8.66. The van der Waals surface area contributed by atoms with Crippen molar-refractivity contribution in [1.29, 1.82) is 0 Å². The third-order valence-electron chi connectivity index (χ3n) is 3.12. The Bertz CT molecular complexity index is 142. The van der Waals surface area contributed by atoms with E-state index in [-0.39, 0.29) is 5.41 Å². The van der Waals surface area contributed by atoms with Crippen LogP contribution in [-0.2, 0) is 4.79 Å². The Morgan fingerprint density at radius 2 is 1.85 bits per heavy atom. The SMILES string of the molecule is CCCC(CC)C(C)(C=O)CCC. The summed E-state index contributed by atoms with van der Waals surface area (Å²) in [6.07, 6.45) is 6.82. The standard InChI is InChI=1S/C12H24O/c1-5-8-11(7-3)12(4,10-13)9-6-2/h10-11H,5-9H2,1-4H3. The van der Waals surface area contributed by atoms with E-state index in [0.717, 1.165) is 19.3 Å². The van der Waals surface area contributed by atoms with Gasteiger partial charge in [0.15, 0.2) is 0 Å². The fraction of sp³-hybridized carbons (Fsp3) is 0.917. The van der Waals surface area contributed by atoms with Gasteiger partial charge in [-0.3, -0.25) is 0 Å². The average molecular weight is 184 g/mol. The van der Waals surface area contributed by atoms with Gasteiger partial charge in [-0.1, -0.05) is 47.0 Å². The molecule has 0 aromatic rings. The van der Waals surface area contributed by atoms with E-state index in [1.807, 2.05) is 0 Å².